The predicted octanol–water partition coefficient (Wildman–Crippen LogP) is 0.827. The van der Waals surface area contributed by atoms with Crippen LogP contribution in [-0.4, -0.2) is 29.6 Å². The number of nitrogens with one attached hydrogen (secondary N) is 1. The number of carbonyl (C=O) groups excluding carboxylic acids is 1. The molecule has 2 aliphatic rings. The van der Waals surface area contributed by atoms with Crippen molar-refractivity contribution in [3.05, 3.63) is 29.8 Å². The fraction of sp³-hybridized carbons (Fsp3) is 0.429. The summed E-state index contributed by atoms with van der Waals surface area (Å²) in [5.41, 5.74) is 1.07. The number of carbonyl (C=O) groups is 2. The van der Waals surface area contributed by atoms with Gasteiger partial charge in [-0.2, -0.15) is 0 Å². The smallest absolute Gasteiger partial charge is 0.307 e. The molecule has 0 aromatic heterocycles. The highest BCUT2D eigenvalue weighted by molar-refractivity contribution is 5.89. The minimum Gasteiger partial charge on any atom is -0.491 e. The van der Waals surface area contributed by atoms with Crippen molar-refractivity contribution in [2.45, 2.75) is 18.9 Å². The van der Waals surface area contributed by atoms with Crippen LogP contribution in [0.5, 0.6) is 5.75 Å². The Morgan fingerprint density at radius 3 is 2.79 bits per heavy atom. The Hall–Kier alpha value is -2.04. The van der Waals surface area contributed by atoms with E-state index in [1.165, 1.54) is 0 Å². The molecule has 1 aromatic carbocycles. The van der Waals surface area contributed by atoms with Crippen LogP contribution in [0.25, 0.3) is 0 Å². The Kier molecular flexibility index (Phi) is 2.89. The van der Waals surface area contributed by atoms with E-state index >= 15 is 0 Å². The van der Waals surface area contributed by atoms with E-state index in [0.717, 1.165) is 17.7 Å². The van der Waals surface area contributed by atoms with Gasteiger partial charge in [0.2, 0.25) is 5.91 Å². The molecule has 1 aliphatic carbocycles. The Labute approximate surface area is 110 Å². The molecule has 19 heavy (non-hydrogen) atoms. The van der Waals surface area contributed by atoms with Gasteiger partial charge in [-0.3, -0.25) is 9.59 Å². The highest BCUT2D eigenvalue weighted by atomic mass is 16.5. The molecule has 3 atom stereocenters. The second-order valence-corrected chi connectivity index (χ2v) is 5.12. The third kappa shape index (κ3) is 2.41. The van der Waals surface area contributed by atoms with Crippen molar-refractivity contribution < 1.29 is 19.4 Å². The summed E-state index contributed by atoms with van der Waals surface area (Å²) in [6.07, 6.45) is 1.18. The molecule has 1 fully saturated rings. The lowest BCUT2D eigenvalue weighted by Crippen LogP contribution is -2.43. The highest BCUT2D eigenvalue weighted by Crippen LogP contribution is 2.39. The first kappa shape index (κ1) is 12.0. The molecule has 0 saturated heterocycles. The predicted molar refractivity (Wildman–Crippen MR) is 66.8 cm³/mol. The number of amides is 1. The van der Waals surface area contributed by atoms with Crippen molar-refractivity contribution in [3.63, 3.8) is 0 Å². The molecule has 0 bridgehead atoms. The minimum absolute atomic E-state index is 0.0718. The van der Waals surface area contributed by atoms with Crippen LogP contribution in [0.3, 0.4) is 0 Å². The van der Waals surface area contributed by atoms with Gasteiger partial charge in [-0.15, -0.1) is 0 Å². The summed E-state index contributed by atoms with van der Waals surface area (Å²) in [4.78, 5) is 22.6. The summed E-state index contributed by atoms with van der Waals surface area (Å²) >= 11 is 0. The average Bonchev–Trinajstić information content (AvgIpc) is 3.19. The fourth-order valence-corrected chi connectivity index (χ4v) is 2.49. The van der Waals surface area contributed by atoms with Crippen LogP contribution in [0.2, 0.25) is 0 Å². The fourth-order valence-electron chi connectivity index (χ4n) is 2.49. The third-order valence-corrected chi connectivity index (χ3v) is 3.67. The number of fused-ring (bicyclic) bond motifs is 1. The van der Waals surface area contributed by atoms with Gasteiger partial charge in [-0.25, -0.2) is 0 Å². The molecular weight excluding hydrogens is 246 g/mol. The molecule has 2 N–H and O–H groups in total. The van der Waals surface area contributed by atoms with Gasteiger partial charge in [0, 0.05) is 0 Å². The molecule has 0 radical (unpaired) electrons. The van der Waals surface area contributed by atoms with Crippen molar-refractivity contribution >= 4 is 11.9 Å². The van der Waals surface area contributed by atoms with Crippen LogP contribution < -0.4 is 10.1 Å². The van der Waals surface area contributed by atoms with E-state index in [1.807, 2.05) is 24.3 Å². The number of carboxylic acids is 1. The van der Waals surface area contributed by atoms with Gasteiger partial charge in [0.1, 0.15) is 12.4 Å². The van der Waals surface area contributed by atoms with Crippen LogP contribution in [0.4, 0.5) is 0 Å². The van der Waals surface area contributed by atoms with E-state index in [4.69, 9.17) is 9.84 Å². The monoisotopic (exact) mass is 261 g/mol. The molecule has 1 aliphatic heterocycles. The number of benzene rings is 1. The Morgan fingerprint density at radius 2 is 2.05 bits per heavy atom. The van der Waals surface area contributed by atoms with Gasteiger partial charge in [0.25, 0.3) is 0 Å². The highest BCUT2D eigenvalue weighted by Gasteiger charge is 2.48. The molecule has 100 valence electrons. The van der Waals surface area contributed by atoms with Gasteiger partial charge in [-0.1, -0.05) is 18.2 Å². The number of rotatable bonds is 3. The van der Waals surface area contributed by atoms with Crippen LogP contribution in [0.15, 0.2) is 24.3 Å². The standard InChI is InChI=1S/C14H15NO4/c16-13(10-6-11(10)14(17)18)15-9-5-8-3-1-2-4-12(8)19-7-9/h1-4,9-11H,5-7H2,(H,15,16)(H,17,18)/t9-,10-,11+/m0/s1. The lowest BCUT2D eigenvalue weighted by molar-refractivity contribution is -0.140. The third-order valence-electron chi connectivity index (χ3n) is 3.67. The van der Waals surface area contributed by atoms with Crippen molar-refractivity contribution in [3.8, 4) is 5.75 Å². The maximum atomic E-state index is 11.9. The van der Waals surface area contributed by atoms with E-state index in [2.05, 4.69) is 5.32 Å². The van der Waals surface area contributed by atoms with Crippen LogP contribution >= 0.6 is 0 Å². The van der Waals surface area contributed by atoms with Gasteiger partial charge in [0.05, 0.1) is 17.9 Å². The zero-order valence-electron chi connectivity index (χ0n) is 10.3. The summed E-state index contributed by atoms with van der Waals surface area (Å²) in [6.45, 7) is 0.438. The first-order chi connectivity index (χ1) is 9.15. The zero-order chi connectivity index (χ0) is 13.4. The first-order valence-electron chi connectivity index (χ1n) is 6.39. The Morgan fingerprint density at radius 1 is 1.26 bits per heavy atom. The number of aliphatic carboxylic acids is 1. The normalized spacial score (nSPS) is 27.9. The average molecular weight is 261 g/mol. The van der Waals surface area contributed by atoms with E-state index in [1.54, 1.807) is 0 Å². The lowest BCUT2D eigenvalue weighted by Gasteiger charge is -2.26. The maximum Gasteiger partial charge on any atom is 0.307 e. The van der Waals surface area contributed by atoms with E-state index in [0.29, 0.717) is 13.0 Å². The summed E-state index contributed by atoms with van der Waals surface area (Å²) in [5.74, 6) is -1.06. The molecule has 5 nitrogen and oxygen atoms in total. The van der Waals surface area contributed by atoms with Crippen molar-refractivity contribution in [1.29, 1.82) is 0 Å². The van der Waals surface area contributed by atoms with Gasteiger partial charge >= 0.3 is 5.97 Å². The molecule has 1 aromatic rings. The van der Waals surface area contributed by atoms with Crippen LogP contribution in [0.1, 0.15) is 12.0 Å². The second-order valence-electron chi connectivity index (χ2n) is 5.12. The molecule has 0 unspecified atom stereocenters. The van der Waals surface area contributed by atoms with Crippen molar-refractivity contribution in [2.75, 3.05) is 6.61 Å². The number of hydrogen-bond acceptors (Lipinski definition) is 3. The Bertz CT molecular complexity index is 528. The minimum atomic E-state index is -0.884. The Balaban J connectivity index is 1.58. The molecule has 3 rings (SSSR count). The van der Waals surface area contributed by atoms with Crippen LogP contribution in [-0.2, 0) is 16.0 Å². The summed E-state index contributed by atoms with van der Waals surface area (Å²) in [6, 6.07) is 7.67. The summed E-state index contributed by atoms with van der Waals surface area (Å²) < 4.78 is 5.58. The van der Waals surface area contributed by atoms with E-state index < -0.39 is 11.9 Å². The number of hydrogen-bond donors (Lipinski definition) is 2. The largest absolute Gasteiger partial charge is 0.491 e. The first-order valence-corrected chi connectivity index (χ1v) is 6.39. The zero-order valence-corrected chi connectivity index (χ0v) is 10.3. The molecular formula is C14H15NO4. The summed E-state index contributed by atoms with van der Waals surface area (Å²) in [5, 5.41) is 11.7. The van der Waals surface area contributed by atoms with Gasteiger partial charge in [-0.05, 0) is 24.5 Å². The maximum absolute atomic E-state index is 11.9. The van der Waals surface area contributed by atoms with Crippen LogP contribution in [0, 0.1) is 11.8 Å². The summed E-state index contributed by atoms with van der Waals surface area (Å²) in [7, 11) is 0. The molecule has 1 heterocycles. The van der Waals surface area contributed by atoms with E-state index in [9.17, 15) is 9.59 Å². The number of para-hydroxylation sites is 1. The van der Waals surface area contributed by atoms with Gasteiger partial charge in [0.15, 0.2) is 0 Å². The molecule has 1 saturated carbocycles. The topological polar surface area (TPSA) is 75.6 Å². The number of ether oxygens (including phenoxy) is 1. The SMILES string of the molecule is O=C(N[C@@H]1COc2ccccc2C1)[C@H]1C[C@H]1C(=O)O. The van der Waals surface area contributed by atoms with Crippen molar-refractivity contribution in [1.82, 2.24) is 5.32 Å². The molecule has 1 amide bonds. The molecule has 5 heteroatoms. The molecule has 0 spiro atoms. The number of carboxylic acid groups (broad SMARTS) is 1. The lowest BCUT2D eigenvalue weighted by atomic mass is 10.0. The second kappa shape index (κ2) is 4.57. The van der Waals surface area contributed by atoms with E-state index in [-0.39, 0.29) is 17.9 Å². The quantitative estimate of drug-likeness (QED) is 0.845. The van der Waals surface area contributed by atoms with Gasteiger partial charge < -0.3 is 15.2 Å². The van der Waals surface area contributed by atoms with Crippen molar-refractivity contribution in [2.24, 2.45) is 11.8 Å².